The highest BCUT2D eigenvalue weighted by Gasteiger charge is 2.34. The minimum atomic E-state index is -4.25. The molecule has 1 N–H and O–H groups in total. The Morgan fingerprint density at radius 2 is 1.60 bits per heavy atom. The summed E-state index contributed by atoms with van der Waals surface area (Å²) < 4.78 is 34.5. The van der Waals surface area contributed by atoms with Gasteiger partial charge in [-0.3, -0.25) is 13.9 Å². The lowest BCUT2D eigenvalue weighted by atomic mass is 10.0. The van der Waals surface area contributed by atoms with Crippen molar-refractivity contribution >= 4 is 39.1 Å². The van der Waals surface area contributed by atoms with Crippen molar-refractivity contribution in [1.82, 2.24) is 10.2 Å². The highest BCUT2D eigenvalue weighted by molar-refractivity contribution is 7.92. The van der Waals surface area contributed by atoms with Crippen molar-refractivity contribution in [2.24, 2.45) is 0 Å². The molecule has 0 aliphatic carbocycles. The Kier molecular flexibility index (Phi) is 11.6. The van der Waals surface area contributed by atoms with Gasteiger partial charge in [-0.2, -0.15) is 0 Å². The van der Waals surface area contributed by atoms with Crippen LogP contribution in [-0.2, 0) is 32.6 Å². The van der Waals surface area contributed by atoms with Crippen LogP contribution in [0.4, 0.5) is 5.69 Å². The van der Waals surface area contributed by atoms with E-state index in [2.05, 4.69) is 5.32 Å². The first-order valence-corrected chi connectivity index (χ1v) is 16.5. The number of nitrogens with one attached hydrogen (secondary N) is 1. The smallest absolute Gasteiger partial charge is 0.264 e. The fourth-order valence-corrected chi connectivity index (χ4v) is 6.52. The summed E-state index contributed by atoms with van der Waals surface area (Å²) in [5.74, 6) is -0.358. The SMILES string of the molecule is CCCNC(=O)[C@H](Cc1ccccc1)N(Cc1ccccc1C)C(=O)CN(c1cccc(Cl)c1)S(=O)(=O)c1ccc(OC)cc1. The Morgan fingerprint density at radius 1 is 0.911 bits per heavy atom. The van der Waals surface area contributed by atoms with E-state index >= 15 is 0 Å². The van der Waals surface area contributed by atoms with E-state index < -0.39 is 28.5 Å². The van der Waals surface area contributed by atoms with E-state index in [4.69, 9.17) is 16.3 Å². The summed E-state index contributed by atoms with van der Waals surface area (Å²) in [5.41, 5.74) is 2.88. The monoisotopic (exact) mass is 647 g/mol. The van der Waals surface area contributed by atoms with Gasteiger partial charge in [0.2, 0.25) is 11.8 Å². The maximum atomic E-state index is 14.5. The third kappa shape index (κ3) is 8.65. The first-order chi connectivity index (χ1) is 21.6. The Balaban J connectivity index is 1.80. The van der Waals surface area contributed by atoms with Crippen LogP contribution >= 0.6 is 11.6 Å². The second kappa shape index (κ2) is 15.6. The van der Waals surface area contributed by atoms with Crippen molar-refractivity contribution < 1.29 is 22.7 Å². The van der Waals surface area contributed by atoms with Crippen molar-refractivity contribution in [3.63, 3.8) is 0 Å². The van der Waals surface area contributed by atoms with Gasteiger partial charge in [0.25, 0.3) is 10.0 Å². The minimum Gasteiger partial charge on any atom is -0.497 e. The molecule has 8 nitrogen and oxygen atoms in total. The molecule has 2 amide bonds. The second-order valence-corrected chi connectivity index (χ2v) is 12.9. The van der Waals surface area contributed by atoms with E-state index in [1.807, 2.05) is 68.4 Å². The van der Waals surface area contributed by atoms with Gasteiger partial charge in [0.05, 0.1) is 17.7 Å². The molecule has 0 saturated heterocycles. The van der Waals surface area contributed by atoms with Gasteiger partial charge < -0.3 is 15.0 Å². The molecule has 0 fully saturated rings. The average molecular weight is 648 g/mol. The average Bonchev–Trinajstić information content (AvgIpc) is 3.05. The topological polar surface area (TPSA) is 96.0 Å². The Bertz CT molecular complexity index is 1700. The van der Waals surface area contributed by atoms with Crippen LogP contribution in [0, 0.1) is 6.92 Å². The number of benzene rings is 4. The van der Waals surface area contributed by atoms with Crippen LogP contribution in [-0.4, -0.2) is 51.4 Å². The largest absolute Gasteiger partial charge is 0.497 e. The number of ether oxygens (including phenoxy) is 1. The highest BCUT2D eigenvalue weighted by atomic mass is 35.5. The third-order valence-corrected chi connectivity index (χ3v) is 9.47. The molecule has 0 unspecified atom stereocenters. The van der Waals surface area contributed by atoms with E-state index in [0.29, 0.717) is 17.3 Å². The number of nitrogens with zero attached hydrogens (tertiary/aromatic N) is 2. The summed E-state index contributed by atoms with van der Waals surface area (Å²) >= 11 is 6.29. The lowest BCUT2D eigenvalue weighted by Gasteiger charge is -2.34. The number of amides is 2. The van der Waals surface area contributed by atoms with E-state index in [1.165, 1.54) is 30.2 Å². The zero-order valence-corrected chi connectivity index (χ0v) is 27.2. The molecule has 4 aromatic carbocycles. The molecule has 45 heavy (non-hydrogen) atoms. The van der Waals surface area contributed by atoms with Gasteiger partial charge in [-0.1, -0.05) is 79.2 Å². The van der Waals surface area contributed by atoms with Crippen LogP contribution in [0.1, 0.15) is 30.0 Å². The lowest BCUT2D eigenvalue weighted by Crippen LogP contribution is -2.53. The molecule has 236 valence electrons. The van der Waals surface area contributed by atoms with E-state index in [9.17, 15) is 18.0 Å². The molecule has 0 aliphatic rings. The predicted molar refractivity (Wildman–Crippen MR) is 178 cm³/mol. The molecule has 1 atom stereocenters. The number of hydrogen-bond donors (Lipinski definition) is 1. The van der Waals surface area contributed by atoms with E-state index in [-0.39, 0.29) is 29.5 Å². The fraction of sp³-hybridized carbons (Fsp3) is 0.257. The van der Waals surface area contributed by atoms with Crippen LogP contribution in [0.2, 0.25) is 5.02 Å². The minimum absolute atomic E-state index is 0.0250. The van der Waals surface area contributed by atoms with Crippen molar-refractivity contribution in [3.05, 3.63) is 125 Å². The molecule has 0 heterocycles. The third-order valence-electron chi connectivity index (χ3n) is 7.44. The number of methoxy groups -OCH3 is 1. The fourth-order valence-electron chi connectivity index (χ4n) is 4.93. The number of carbonyl (C=O) groups is 2. The first kappa shape index (κ1) is 33.6. The molecule has 4 aromatic rings. The van der Waals surface area contributed by atoms with Crippen molar-refractivity contribution in [1.29, 1.82) is 0 Å². The Morgan fingerprint density at radius 3 is 2.24 bits per heavy atom. The van der Waals surface area contributed by atoms with E-state index in [1.54, 1.807) is 30.3 Å². The number of aryl methyl sites for hydroxylation is 1. The number of halogens is 1. The molecule has 4 rings (SSSR count). The van der Waals surface area contributed by atoms with Crippen LogP contribution in [0.5, 0.6) is 5.75 Å². The van der Waals surface area contributed by atoms with Gasteiger partial charge in [-0.15, -0.1) is 0 Å². The van der Waals surface area contributed by atoms with E-state index in [0.717, 1.165) is 27.4 Å². The Hall–Kier alpha value is -4.34. The zero-order chi connectivity index (χ0) is 32.4. The summed E-state index contributed by atoms with van der Waals surface area (Å²) in [6, 6.07) is 28.5. The molecule has 0 radical (unpaired) electrons. The predicted octanol–water partition coefficient (Wildman–Crippen LogP) is 6.02. The first-order valence-electron chi connectivity index (χ1n) is 14.7. The normalized spacial score (nSPS) is 11.8. The standard InChI is InChI=1S/C35H38ClN3O5S/c1-4-21-37-35(41)33(22-27-12-6-5-7-13-27)38(24-28-14-9-8-11-26(28)2)34(40)25-39(30-16-10-15-29(36)23-30)45(42,43)32-19-17-31(44-3)18-20-32/h5-20,23,33H,4,21-22,24-25H2,1-3H3,(H,37,41)/t33-/m0/s1. The van der Waals surface area contributed by atoms with Gasteiger partial charge >= 0.3 is 0 Å². The summed E-state index contributed by atoms with van der Waals surface area (Å²) in [6.07, 6.45) is 0.967. The second-order valence-electron chi connectivity index (χ2n) is 10.6. The maximum Gasteiger partial charge on any atom is 0.264 e. The number of rotatable bonds is 14. The van der Waals surface area contributed by atoms with Crippen LogP contribution in [0.15, 0.2) is 108 Å². The van der Waals surface area contributed by atoms with Crippen LogP contribution < -0.4 is 14.4 Å². The summed E-state index contributed by atoms with van der Waals surface area (Å²) in [6.45, 7) is 3.88. The molecular formula is C35H38ClN3O5S. The number of hydrogen-bond acceptors (Lipinski definition) is 5. The van der Waals surface area contributed by atoms with Gasteiger partial charge in [-0.25, -0.2) is 8.42 Å². The summed E-state index contributed by atoms with van der Waals surface area (Å²) in [5, 5.41) is 3.27. The molecular weight excluding hydrogens is 610 g/mol. The molecule has 0 bridgehead atoms. The quantitative estimate of drug-likeness (QED) is 0.181. The van der Waals surface area contributed by atoms with Crippen molar-refractivity contribution in [3.8, 4) is 5.75 Å². The van der Waals surface area contributed by atoms with Gasteiger partial charge in [0.1, 0.15) is 18.3 Å². The molecule has 0 aliphatic heterocycles. The number of anilines is 1. The molecule has 0 saturated carbocycles. The van der Waals surface area contributed by atoms with Gasteiger partial charge in [-0.05, 0) is 72.5 Å². The zero-order valence-electron chi connectivity index (χ0n) is 25.6. The van der Waals surface area contributed by atoms with Gasteiger partial charge in [0, 0.05) is 24.5 Å². The summed E-state index contributed by atoms with van der Waals surface area (Å²) in [4.78, 5) is 29.7. The summed E-state index contributed by atoms with van der Waals surface area (Å²) in [7, 11) is -2.76. The van der Waals surface area contributed by atoms with Gasteiger partial charge in [0.15, 0.2) is 0 Å². The lowest BCUT2D eigenvalue weighted by molar-refractivity contribution is -0.140. The maximum absolute atomic E-state index is 14.5. The number of sulfonamides is 1. The molecule has 10 heteroatoms. The molecule has 0 spiro atoms. The van der Waals surface area contributed by atoms with Crippen molar-refractivity contribution in [2.45, 2.75) is 44.2 Å². The number of carbonyl (C=O) groups excluding carboxylic acids is 2. The van der Waals surface area contributed by atoms with Crippen molar-refractivity contribution in [2.75, 3.05) is 24.5 Å². The highest BCUT2D eigenvalue weighted by Crippen LogP contribution is 2.28. The van der Waals surface area contributed by atoms with Crippen LogP contribution in [0.3, 0.4) is 0 Å². The Labute approximate surface area is 270 Å². The van der Waals surface area contributed by atoms with Crippen LogP contribution in [0.25, 0.3) is 0 Å². The molecule has 0 aromatic heterocycles.